The van der Waals surface area contributed by atoms with Crippen molar-refractivity contribution in [3.8, 4) is 0 Å². The number of hydrogen-bond donors (Lipinski definition) is 2. The van der Waals surface area contributed by atoms with Crippen LogP contribution in [0.5, 0.6) is 0 Å². The molecule has 6 nitrogen and oxygen atoms in total. The van der Waals surface area contributed by atoms with Crippen LogP contribution in [0.2, 0.25) is 0 Å². The van der Waals surface area contributed by atoms with Gasteiger partial charge in [0.15, 0.2) is 0 Å². The molecule has 0 atom stereocenters. The first kappa shape index (κ1) is 21.3. The van der Waals surface area contributed by atoms with E-state index in [2.05, 4.69) is 34.8 Å². The second-order valence-electron chi connectivity index (χ2n) is 7.23. The molecule has 3 amide bonds. The lowest BCUT2D eigenvalue weighted by Crippen LogP contribution is -2.42. The highest BCUT2D eigenvalue weighted by Gasteiger charge is 2.22. The number of para-hydroxylation sites is 1. The highest BCUT2D eigenvalue weighted by Crippen LogP contribution is 2.26. The molecule has 1 heterocycles. The van der Waals surface area contributed by atoms with Crippen LogP contribution in [0.25, 0.3) is 0 Å². The Kier molecular flexibility index (Phi) is 7.40. The minimum Gasteiger partial charge on any atom is -0.334 e. The van der Waals surface area contributed by atoms with E-state index in [0.29, 0.717) is 26.2 Å². The van der Waals surface area contributed by atoms with Crippen molar-refractivity contribution < 1.29 is 9.59 Å². The number of anilines is 2. The maximum atomic E-state index is 12.6. The number of nitrogens with one attached hydrogen (secondary N) is 2. The van der Waals surface area contributed by atoms with Crippen LogP contribution in [0, 0.1) is 0 Å². The van der Waals surface area contributed by atoms with E-state index in [1.807, 2.05) is 42.5 Å². The summed E-state index contributed by atoms with van der Waals surface area (Å²) in [7, 11) is 0. The van der Waals surface area contributed by atoms with E-state index < -0.39 is 0 Å². The molecular formula is C24H28N4O2. The van der Waals surface area contributed by atoms with E-state index in [1.165, 1.54) is 0 Å². The van der Waals surface area contributed by atoms with E-state index in [1.54, 1.807) is 17.1 Å². The van der Waals surface area contributed by atoms with Crippen LogP contribution in [0.3, 0.4) is 0 Å². The molecule has 2 aromatic rings. The molecule has 2 N–H and O–H groups in total. The van der Waals surface area contributed by atoms with Gasteiger partial charge in [0.1, 0.15) is 0 Å². The van der Waals surface area contributed by atoms with Crippen LogP contribution in [0.1, 0.15) is 11.1 Å². The van der Waals surface area contributed by atoms with Crippen molar-refractivity contribution in [1.82, 2.24) is 9.80 Å². The topological polar surface area (TPSA) is 64.7 Å². The Balaban J connectivity index is 1.63. The zero-order valence-electron chi connectivity index (χ0n) is 17.1. The molecule has 6 heteroatoms. The first-order valence-corrected chi connectivity index (χ1v) is 10.1. The van der Waals surface area contributed by atoms with Gasteiger partial charge in [0.2, 0.25) is 5.91 Å². The molecule has 0 spiro atoms. The molecule has 2 aromatic carbocycles. The number of carbonyl (C=O) groups is 2. The summed E-state index contributed by atoms with van der Waals surface area (Å²) in [5.41, 5.74) is 3.81. The molecular weight excluding hydrogens is 376 g/mol. The first-order chi connectivity index (χ1) is 14.6. The van der Waals surface area contributed by atoms with Gasteiger partial charge in [-0.2, -0.15) is 0 Å². The Hall–Kier alpha value is -3.38. The normalized spacial score (nSPS) is 13.1. The molecule has 0 fully saturated rings. The van der Waals surface area contributed by atoms with E-state index in [-0.39, 0.29) is 11.9 Å². The summed E-state index contributed by atoms with van der Waals surface area (Å²) in [6.45, 7) is 10.3. The van der Waals surface area contributed by atoms with Crippen LogP contribution in [0.15, 0.2) is 73.8 Å². The van der Waals surface area contributed by atoms with E-state index in [4.69, 9.17) is 0 Å². The van der Waals surface area contributed by atoms with Crippen LogP contribution in [-0.2, 0) is 17.8 Å². The van der Waals surface area contributed by atoms with Crippen LogP contribution >= 0.6 is 0 Å². The van der Waals surface area contributed by atoms with Gasteiger partial charge in [0.25, 0.3) is 0 Å². The number of fused-ring (bicyclic) bond motifs is 1. The summed E-state index contributed by atoms with van der Waals surface area (Å²) < 4.78 is 0. The number of benzene rings is 2. The molecule has 0 saturated carbocycles. The molecule has 0 aromatic heterocycles. The molecule has 1 aliphatic rings. The molecule has 30 heavy (non-hydrogen) atoms. The van der Waals surface area contributed by atoms with E-state index >= 15 is 0 Å². The lowest BCUT2D eigenvalue weighted by Gasteiger charge is -2.31. The standard InChI is InChI=1S/C24H28N4O2/c1-3-14-28(15-4-2)23(29)18-27-16-13-21-19(17-27)9-8-12-22(21)26-24(30)25-20-10-6-5-7-11-20/h3-12H,1-2,13-18H2,(H2,25,26,30). The van der Waals surface area contributed by atoms with E-state index in [9.17, 15) is 9.59 Å². The van der Waals surface area contributed by atoms with Gasteiger partial charge in [0.05, 0.1) is 6.54 Å². The fraction of sp³-hybridized carbons (Fsp3) is 0.250. The number of rotatable bonds is 8. The second kappa shape index (κ2) is 10.4. The Labute approximate surface area is 177 Å². The number of nitrogens with zero attached hydrogens (tertiary/aromatic N) is 2. The van der Waals surface area contributed by atoms with Crippen molar-refractivity contribution in [2.45, 2.75) is 13.0 Å². The predicted molar refractivity (Wildman–Crippen MR) is 121 cm³/mol. The Bertz CT molecular complexity index is 901. The quantitative estimate of drug-likeness (QED) is 0.656. The Morgan fingerprint density at radius 2 is 1.73 bits per heavy atom. The predicted octanol–water partition coefficient (Wildman–Crippen LogP) is 3.89. The molecule has 1 aliphatic heterocycles. The van der Waals surface area contributed by atoms with Gasteiger partial charge in [0, 0.05) is 37.6 Å². The first-order valence-electron chi connectivity index (χ1n) is 10.1. The average Bonchev–Trinajstić information content (AvgIpc) is 2.74. The average molecular weight is 405 g/mol. The van der Waals surface area contributed by atoms with Crippen LogP contribution in [-0.4, -0.2) is 47.9 Å². The molecule has 0 unspecified atom stereocenters. The van der Waals surface area contributed by atoms with Crippen molar-refractivity contribution in [2.75, 3.05) is 36.8 Å². The SMILES string of the molecule is C=CCN(CC=C)C(=O)CN1CCc2c(cccc2NC(=O)Nc2ccccc2)C1. The van der Waals surface area contributed by atoms with Gasteiger partial charge < -0.3 is 15.5 Å². The molecule has 0 saturated heterocycles. The molecule has 0 bridgehead atoms. The third kappa shape index (κ3) is 5.58. The minimum absolute atomic E-state index is 0.0646. The van der Waals surface area contributed by atoms with Gasteiger partial charge in [-0.05, 0) is 35.7 Å². The fourth-order valence-electron chi connectivity index (χ4n) is 3.61. The van der Waals surface area contributed by atoms with E-state index in [0.717, 1.165) is 35.5 Å². The maximum Gasteiger partial charge on any atom is 0.323 e. The summed E-state index contributed by atoms with van der Waals surface area (Å²) in [6, 6.07) is 15.0. The Morgan fingerprint density at radius 1 is 1.00 bits per heavy atom. The number of carbonyl (C=O) groups excluding carboxylic acids is 2. The van der Waals surface area contributed by atoms with Crippen LogP contribution in [0.4, 0.5) is 16.2 Å². The van der Waals surface area contributed by atoms with Crippen molar-refractivity contribution in [2.24, 2.45) is 0 Å². The number of amides is 3. The highest BCUT2D eigenvalue weighted by molar-refractivity contribution is 6.00. The monoisotopic (exact) mass is 404 g/mol. The number of urea groups is 1. The molecule has 156 valence electrons. The zero-order chi connectivity index (χ0) is 21.3. The summed E-state index contributed by atoms with van der Waals surface area (Å²) in [4.78, 5) is 28.9. The minimum atomic E-state index is -0.267. The lowest BCUT2D eigenvalue weighted by atomic mass is 9.97. The highest BCUT2D eigenvalue weighted by atomic mass is 16.2. The van der Waals surface area contributed by atoms with Gasteiger partial charge in [-0.15, -0.1) is 13.2 Å². The number of hydrogen-bond acceptors (Lipinski definition) is 3. The largest absolute Gasteiger partial charge is 0.334 e. The summed E-state index contributed by atoms with van der Waals surface area (Å²) in [5.74, 6) is 0.0646. The Morgan fingerprint density at radius 3 is 2.43 bits per heavy atom. The smallest absolute Gasteiger partial charge is 0.323 e. The third-order valence-corrected chi connectivity index (χ3v) is 5.04. The second-order valence-corrected chi connectivity index (χ2v) is 7.23. The van der Waals surface area contributed by atoms with Crippen molar-refractivity contribution >= 4 is 23.3 Å². The van der Waals surface area contributed by atoms with Gasteiger partial charge in [-0.3, -0.25) is 9.69 Å². The maximum absolute atomic E-state index is 12.6. The fourth-order valence-corrected chi connectivity index (χ4v) is 3.61. The van der Waals surface area contributed by atoms with Crippen molar-refractivity contribution in [1.29, 1.82) is 0 Å². The van der Waals surface area contributed by atoms with Crippen molar-refractivity contribution in [3.05, 3.63) is 85.0 Å². The zero-order valence-corrected chi connectivity index (χ0v) is 17.1. The lowest BCUT2D eigenvalue weighted by molar-refractivity contribution is -0.131. The summed E-state index contributed by atoms with van der Waals surface area (Å²) >= 11 is 0. The van der Waals surface area contributed by atoms with Crippen molar-refractivity contribution in [3.63, 3.8) is 0 Å². The summed E-state index contributed by atoms with van der Waals surface area (Å²) in [5, 5.41) is 5.80. The third-order valence-electron chi connectivity index (χ3n) is 5.04. The van der Waals surface area contributed by atoms with Gasteiger partial charge >= 0.3 is 6.03 Å². The molecule has 3 rings (SSSR count). The summed E-state index contributed by atoms with van der Waals surface area (Å²) in [6.07, 6.45) is 4.23. The molecule has 0 radical (unpaired) electrons. The molecule has 0 aliphatic carbocycles. The van der Waals surface area contributed by atoms with Gasteiger partial charge in [-0.25, -0.2) is 4.79 Å². The van der Waals surface area contributed by atoms with Crippen LogP contribution < -0.4 is 10.6 Å². The van der Waals surface area contributed by atoms with Gasteiger partial charge in [-0.1, -0.05) is 42.5 Å².